The van der Waals surface area contributed by atoms with Crippen molar-refractivity contribution in [1.82, 2.24) is 0 Å². The van der Waals surface area contributed by atoms with Crippen LogP contribution in [0.2, 0.25) is 0 Å². The Balaban J connectivity index is 2.81. The van der Waals surface area contributed by atoms with Crippen molar-refractivity contribution in [3.63, 3.8) is 0 Å². The minimum atomic E-state index is 0.155. The average molecular weight is 87.1 g/mol. The highest BCUT2D eigenvalue weighted by molar-refractivity contribution is 5.41. The molecule has 0 rings (SSSR count). The van der Waals surface area contributed by atoms with Crippen LogP contribution in [0.25, 0.3) is 0 Å². The lowest BCUT2D eigenvalue weighted by Crippen LogP contribution is -1.97. The molecule has 0 heterocycles. The van der Waals surface area contributed by atoms with E-state index in [-0.39, 0.29) is 6.10 Å². The predicted octanol–water partition coefficient (Wildman–Crippen LogP) is 1.02. The fraction of sp³-hybridized carbons (Fsp3) is 0.750. The average Bonchev–Trinajstić information content (AvgIpc) is 1.35. The number of rotatable bonds is 2. The summed E-state index contributed by atoms with van der Waals surface area (Å²) in [6, 6.07) is 0. The molecule has 0 spiro atoms. The molecule has 0 amide bonds. The van der Waals surface area contributed by atoms with Crippen LogP contribution in [-0.4, -0.2) is 12.5 Å². The van der Waals surface area contributed by atoms with Crippen LogP contribution in [0.1, 0.15) is 13.8 Å². The maximum atomic E-state index is 6.39. The summed E-state index contributed by atoms with van der Waals surface area (Å²) in [4.78, 5) is 0. The van der Waals surface area contributed by atoms with Crippen LogP contribution in [0, 0.1) is 5.41 Å². The van der Waals surface area contributed by atoms with Crippen molar-refractivity contribution in [3.05, 3.63) is 0 Å². The lowest BCUT2D eigenvalue weighted by atomic mass is 10.5. The molecule has 0 aliphatic carbocycles. The van der Waals surface area contributed by atoms with E-state index in [0.717, 1.165) is 6.40 Å². The van der Waals surface area contributed by atoms with Crippen LogP contribution in [0.5, 0.6) is 0 Å². The van der Waals surface area contributed by atoms with E-state index < -0.39 is 0 Å². The summed E-state index contributed by atoms with van der Waals surface area (Å²) in [7, 11) is 0. The van der Waals surface area contributed by atoms with Crippen molar-refractivity contribution < 1.29 is 4.74 Å². The van der Waals surface area contributed by atoms with Gasteiger partial charge in [-0.05, 0) is 13.8 Å². The molecule has 0 bridgehead atoms. The van der Waals surface area contributed by atoms with Crippen LogP contribution in [0.15, 0.2) is 0 Å². The van der Waals surface area contributed by atoms with Crippen molar-refractivity contribution in [2.45, 2.75) is 20.0 Å². The van der Waals surface area contributed by atoms with Gasteiger partial charge in [-0.25, -0.2) is 0 Å². The Kier molecular flexibility index (Phi) is 2.46. The SMILES string of the molecule is CC(C)OC=N. The van der Waals surface area contributed by atoms with E-state index in [1.807, 2.05) is 13.8 Å². The van der Waals surface area contributed by atoms with E-state index in [2.05, 4.69) is 4.74 Å². The van der Waals surface area contributed by atoms with Gasteiger partial charge >= 0.3 is 0 Å². The van der Waals surface area contributed by atoms with Crippen molar-refractivity contribution in [1.29, 1.82) is 5.41 Å². The highest BCUT2D eigenvalue weighted by atomic mass is 16.5. The molecule has 6 heavy (non-hydrogen) atoms. The molecule has 0 aromatic carbocycles. The Morgan fingerprint density at radius 2 is 2.17 bits per heavy atom. The quantitative estimate of drug-likeness (QED) is 0.396. The van der Waals surface area contributed by atoms with Gasteiger partial charge in [-0.2, -0.15) is 0 Å². The fourth-order valence-electron chi connectivity index (χ4n) is 0.136. The first-order chi connectivity index (χ1) is 2.77. The number of hydrogen-bond acceptors (Lipinski definition) is 2. The molecule has 0 aromatic heterocycles. The molecule has 0 saturated carbocycles. The van der Waals surface area contributed by atoms with E-state index >= 15 is 0 Å². The van der Waals surface area contributed by atoms with Gasteiger partial charge in [0.15, 0.2) is 6.40 Å². The molecule has 0 atom stereocenters. The minimum Gasteiger partial charge on any atom is -0.481 e. The van der Waals surface area contributed by atoms with Crippen LogP contribution in [0.4, 0.5) is 0 Å². The minimum absolute atomic E-state index is 0.155. The molecule has 0 aliphatic rings. The molecule has 0 unspecified atom stereocenters. The molecular formula is C4H9NO. The second-order valence-corrected chi connectivity index (χ2v) is 1.30. The topological polar surface area (TPSA) is 33.1 Å². The molecular weight excluding hydrogens is 78.1 g/mol. The lowest BCUT2D eigenvalue weighted by Gasteiger charge is -1.98. The molecule has 0 fully saturated rings. The van der Waals surface area contributed by atoms with Gasteiger partial charge in [-0.1, -0.05) is 0 Å². The monoisotopic (exact) mass is 87.1 g/mol. The van der Waals surface area contributed by atoms with E-state index in [9.17, 15) is 0 Å². The van der Waals surface area contributed by atoms with Crippen molar-refractivity contribution in [2.75, 3.05) is 0 Å². The zero-order valence-electron chi connectivity index (χ0n) is 4.06. The van der Waals surface area contributed by atoms with Crippen LogP contribution in [0.3, 0.4) is 0 Å². The predicted molar refractivity (Wildman–Crippen MR) is 25.0 cm³/mol. The van der Waals surface area contributed by atoms with E-state index in [1.165, 1.54) is 0 Å². The van der Waals surface area contributed by atoms with Gasteiger partial charge in [0.25, 0.3) is 0 Å². The van der Waals surface area contributed by atoms with Gasteiger partial charge in [-0.3, -0.25) is 5.41 Å². The summed E-state index contributed by atoms with van der Waals surface area (Å²) in [5.41, 5.74) is 0. The van der Waals surface area contributed by atoms with Crippen LogP contribution >= 0.6 is 0 Å². The Bertz CT molecular complexity index is 42.8. The fourth-order valence-corrected chi connectivity index (χ4v) is 0.136. The van der Waals surface area contributed by atoms with Crippen molar-refractivity contribution in [3.8, 4) is 0 Å². The number of ether oxygens (including phenoxy) is 1. The summed E-state index contributed by atoms with van der Waals surface area (Å²) in [5.74, 6) is 0. The summed E-state index contributed by atoms with van der Waals surface area (Å²) in [5, 5.41) is 6.39. The standard InChI is InChI=1S/C4H9NO/c1-4(2)6-3-5/h3-5H,1-2H3. The summed E-state index contributed by atoms with van der Waals surface area (Å²) in [6.45, 7) is 3.76. The molecule has 0 radical (unpaired) electrons. The van der Waals surface area contributed by atoms with E-state index in [1.54, 1.807) is 0 Å². The number of nitrogens with one attached hydrogen (secondary N) is 1. The Morgan fingerprint density at radius 1 is 1.67 bits per heavy atom. The van der Waals surface area contributed by atoms with Crippen molar-refractivity contribution >= 4 is 6.40 Å². The van der Waals surface area contributed by atoms with Gasteiger partial charge in [-0.15, -0.1) is 0 Å². The second-order valence-electron chi connectivity index (χ2n) is 1.30. The van der Waals surface area contributed by atoms with Crippen LogP contribution in [-0.2, 0) is 4.74 Å². The molecule has 0 aliphatic heterocycles. The molecule has 0 aromatic rings. The zero-order valence-corrected chi connectivity index (χ0v) is 4.06. The highest BCUT2D eigenvalue weighted by Crippen LogP contribution is 1.79. The van der Waals surface area contributed by atoms with Crippen LogP contribution < -0.4 is 0 Å². The highest BCUT2D eigenvalue weighted by Gasteiger charge is 1.81. The molecule has 36 valence electrons. The largest absolute Gasteiger partial charge is 0.481 e. The molecule has 1 N–H and O–H groups in total. The van der Waals surface area contributed by atoms with E-state index in [0.29, 0.717) is 0 Å². The van der Waals surface area contributed by atoms with Gasteiger partial charge < -0.3 is 4.74 Å². The van der Waals surface area contributed by atoms with E-state index in [4.69, 9.17) is 5.41 Å². The Morgan fingerprint density at radius 3 is 2.17 bits per heavy atom. The number of hydrogen-bond donors (Lipinski definition) is 1. The Hall–Kier alpha value is -0.530. The second kappa shape index (κ2) is 2.69. The normalized spacial score (nSPS) is 8.50. The first-order valence-electron chi connectivity index (χ1n) is 1.91. The smallest absolute Gasteiger partial charge is 0.166 e. The molecule has 2 heteroatoms. The molecule has 2 nitrogen and oxygen atoms in total. The molecule has 0 saturated heterocycles. The first-order valence-corrected chi connectivity index (χ1v) is 1.91. The van der Waals surface area contributed by atoms with Gasteiger partial charge in [0.05, 0.1) is 6.10 Å². The summed E-state index contributed by atoms with van der Waals surface area (Å²) in [6.07, 6.45) is 1.10. The third-order valence-electron chi connectivity index (χ3n) is 0.340. The first kappa shape index (κ1) is 5.47. The van der Waals surface area contributed by atoms with Gasteiger partial charge in [0.1, 0.15) is 0 Å². The van der Waals surface area contributed by atoms with Gasteiger partial charge in [0, 0.05) is 0 Å². The van der Waals surface area contributed by atoms with Gasteiger partial charge in [0.2, 0.25) is 0 Å². The lowest BCUT2D eigenvalue weighted by molar-refractivity contribution is 0.239. The third-order valence-corrected chi connectivity index (χ3v) is 0.340. The maximum Gasteiger partial charge on any atom is 0.166 e. The summed E-state index contributed by atoms with van der Waals surface area (Å²) >= 11 is 0. The van der Waals surface area contributed by atoms with Crippen molar-refractivity contribution in [2.24, 2.45) is 0 Å². The third kappa shape index (κ3) is 3.47. The maximum absolute atomic E-state index is 6.39. The Labute approximate surface area is 37.6 Å². The zero-order chi connectivity index (χ0) is 4.99. The summed E-state index contributed by atoms with van der Waals surface area (Å²) < 4.78 is 4.58.